The van der Waals surface area contributed by atoms with Crippen LogP contribution in [0.2, 0.25) is 0 Å². The van der Waals surface area contributed by atoms with E-state index in [0.29, 0.717) is 5.17 Å². The molecule has 1 fully saturated rings. The molecule has 3 atom stereocenters. The molecule has 1 aromatic heterocycles. The number of rotatable bonds is 2. The van der Waals surface area contributed by atoms with Gasteiger partial charge in [-0.1, -0.05) is 17.7 Å². The smallest absolute Gasteiger partial charge is 0.415 e. The molecule has 0 aliphatic carbocycles. The SMILES string of the molecule is CC(C)(C)OC(=O)N1C=CC2C(c3cnn(C4CCCCO4)c3)=CN=C(Cl)C21. The van der Waals surface area contributed by atoms with Crippen molar-refractivity contribution in [2.45, 2.75) is 57.9 Å². The van der Waals surface area contributed by atoms with Crippen molar-refractivity contribution in [3.05, 3.63) is 36.4 Å². The minimum Gasteiger partial charge on any atom is -0.443 e. The Morgan fingerprint density at radius 3 is 2.89 bits per heavy atom. The first kappa shape index (κ1) is 19.2. The number of amides is 1. The van der Waals surface area contributed by atoms with Gasteiger partial charge in [0, 0.05) is 36.7 Å². The largest absolute Gasteiger partial charge is 0.443 e. The molecule has 28 heavy (non-hydrogen) atoms. The van der Waals surface area contributed by atoms with E-state index in [9.17, 15) is 4.79 Å². The summed E-state index contributed by atoms with van der Waals surface area (Å²) in [5.41, 5.74) is 1.34. The molecule has 150 valence electrons. The summed E-state index contributed by atoms with van der Waals surface area (Å²) in [7, 11) is 0. The Hall–Kier alpha value is -2.12. The molecule has 1 amide bonds. The first-order valence-electron chi connectivity index (χ1n) is 9.62. The van der Waals surface area contributed by atoms with Crippen molar-refractivity contribution >= 4 is 28.4 Å². The monoisotopic (exact) mass is 404 g/mol. The van der Waals surface area contributed by atoms with Crippen LogP contribution in [0.25, 0.3) is 5.57 Å². The second-order valence-electron chi connectivity index (χ2n) is 8.27. The fourth-order valence-electron chi connectivity index (χ4n) is 3.72. The average molecular weight is 405 g/mol. The van der Waals surface area contributed by atoms with Gasteiger partial charge in [-0.05, 0) is 45.6 Å². The number of aromatic nitrogens is 2. The normalized spacial score (nSPS) is 27.3. The molecule has 0 saturated carbocycles. The van der Waals surface area contributed by atoms with E-state index in [1.54, 1.807) is 12.4 Å². The zero-order valence-electron chi connectivity index (χ0n) is 16.3. The van der Waals surface area contributed by atoms with E-state index >= 15 is 0 Å². The van der Waals surface area contributed by atoms with Crippen LogP contribution < -0.4 is 0 Å². The van der Waals surface area contributed by atoms with Crippen LogP contribution in [-0.2, 0) is 9.47 Å². The van der Waals surface area contributed by atoms with Crippen LogP contribution in [0.5, 0.6) is 0 Å². The summed E-state index contributed by atoms with van der Waals surface area (Å²) in [6, 6.07) is -0.397. The average Bonchev–Trinajstić information content (AvgIpc) is 3.29. The highest BCUT2D eigenvalue weighted by Crippen LogP contribution is 2.39. The summed E-state index contributed by atoms with van der Waals surface area (Å²) in [4.78, 5) is 18.5. The minimum atomic E-state index is -0.582. The first-order valence-corrected chi connectivity index (χ1v) is 10.0. The number of carbonyl (C=O) groups is 1. The van der Waals surface area contributed by atoms with E-state index in [4.69, 9.17) is 21.1 Å². The number of aliphatic imine (C=N–C) groups is 1. The summed E-state index contributed by atoms with van der Waals surface area (Å²) >= 11 is 6.38. The van der Waals surface area contributed by atoms with Gasteiger partial charge in [-0.15, -0.1) is 0 Å². The molecule has 3 unspecified atom stereocenters. The third-order valence-corrected chi connectivity index (χ3v) is 5.34. The Morgan fingerprint density at radius 2 is 2.18 bits per heavy atom. The van der Waals surface area contributed by atoms with Crippen molar-refractivity contribution in [1.82, 2.24) is 14.7 Å². The minimum absolute atomic E-state index is 0.0213. The van der Waals surface area contributed by atoms with E-state index in [0.717, 1.165) is 37.0 Å². The topological polar surface area (TPSA) is 69.0 Å². The molecule has 0 spiro atoms. The van der Waals surface area contributed by atoms with Crippen LogP contribution in [0.3, 0.4) is 0 Å². The molecule has 3 aliphatic heterocycles. The molecule has 4 rings (SSSR count). The van der Waals surface area contributed by atoms with Crippen molar-refractivity contribution in [3.8, 4) is 0 Å². The highest BCUT2D eigenvalue weighted by atomic mass is 35.5. The van der Waals surface area contributed by atoms with E-state index in [1.807, 2.05) is 43.9 Å². The van der Waals surface area contributed by atoms with Gasteiger partial charge in [0.25, 0.3) is 0 Å². The zero-order valence-corrected chi connectivity index (χ0v) is 17.1. The molecule has 0 N–H and O–H groups in total. The van der Waals surface area contributed by atoms with Gasteiger partial charge in [-0.25, -0.2) is 14.5 Å². The van der Waals surface area contributed by atoms with Crippen LogP contribution in [0.1, 0.15) is 51.8 Å². The lowest BCUT2D eigenvalue weighted by Gasteiger charge is -2.31. The molecule has 1 aromatic rings. The summed E-state index contributed by atoms with van der Waals surface area (Å²) in [5.74, 6) is -0.0950. The number of hydrogen-bond acceptors (Lipinski definition) is 5. The number of nitrogens with zero attached hydrogens (tertiary/aromatic N) is 4. The van der Waals surface area contributed by atoms with Crippen molar-refractivity contribution in [2.24, 2.45) is 10.9 Å². The predicted molar refractivity (Wildman–Crippen MR) is 107 cm³/mol. The molecule has 0 bridgehead atoms. The van der Waals surface area contributed by atoms with Crippen LogP contribution in [-0.4, -0.2) is 44.2 Å². The summed E-state index contributed by atoms with van der Waals surface area (Å²) in [6.45, 7) is 6.28. The van der Waals surface area contributed by atoms with E-state index in [-0.39, 0.29) is 12.1 Å². The van der Waals surface area contributed by atoms with Gasteiger partial charge in [0.15, 0.2) is 0 Å². The van der Waals surface area contributed by atoms with Crippen molar-refractivity contribution < 1.29 is 14.3 Å². The third-order valence-electron chi connectivity index (χ3n) is 5.01. The standard InChI is InChI=1S/C20H25ClN4O3/c1-20(2,3)28-19(26)24-8-7-14-15(11-22-18(21)17(14)24)13-10-23-25(12-13)16-6-4-5-9-27-16/h7-8,10-12,14,16-17H,4-6,9H2,1-3H3. The van der Waals surface area contributed by atoms with Gasteiger partial charge in [-0.2, -0.15) is 5.10 Å². The maximum atomic E-state index is 12.6. The van der Waals surface area contributed by atoms with Crippen LogP contribution >= 0.6 is 11.6 Å². The highest BCUT2D eigenvalue weighted by molar-refractivity contribution is 6.67. The number of ether oxygens (including phenoxy) is 2. The molecule has 3 aliphatic rings. The highest BCUT2D eigenvalue weighted by Gasteiger charge is 2.42. The molecule has 0 radical (unpaired) electrons. The molecular formula is C20H25ClN4O3. The zero-order chi connectivity index (χ0) is 19.9. The summed E-state index contributed by atoms with van der Waals surface area (Å²) < 4.78 is 13.2. The van der Waals surface area contributed by atoms with E-state index in [1.165, 1.54) is 4.90 Å². The van der Waals surface area contributed by atoms with Crippen LogP contribution in [0.15, 0.2) is 35.9 Å². The molecule has 7 nitrogen and oxygen atoms in total. The quantitative estimate of drug-likeness (QED) is 0.735. The lowest BCUT2D eigenvalue weighted by atomic mass is 9.89. The maximum Gasteiger partial charge on any atom is 0.415 e. The number of fused-ring (bicyclic) bond motifs is 1. The maximum absolute atomic E-state index is 12.6. The Morgan fingerprint density at radius 1 is 1.36 bits per heavy atom. The van der Waals surface area contributed by atoms with E-state index < -0.39 is 17.7 Å². The molecule has 1 saturated heterocycles. The molecular weight excluding hydrogens is 380 g/mol. The van der Waals surface area contributed by atoms with Crippen molar-refractivity contribution in [3.63, 3.8) is 0 Å². The second-order valence-corrected chi connectivity index (χ2v) is 8.65. The Balaban J connectivity index is 1.55. The fourth-order valence-corrected chi connectivity index (χ4v) is 4.01. The van der Waals surface area contributed by atoms with Gasteiger partial charge in [0.2, 0.25) is 0 Å². The number of halogens is 1. The third kappa shape index (κ3) is 3.73. The molecule has 0 aromatic carbocycles. The molecule has 4 heterocycles. The van der Waals surface area contributed by atoms with Gasteiger partial charge in [0.05, 0.1) is 6.20 Å². The molecule has 8 heteroatoms. The lowest BCUT2D eigenvalue weighted by Crippen LogP contribution is -2.44. The first-order chi connectivity index (χ1) is 13.3. The Kier molecular flexibility index (Phi) is 5.05. The lowest BCUT2D eigenvalue weighted by molar-refractivity contribution is -0.0395. The summed E-state index contributed by atoms with van der Waals surface area (Å²) in [6.07, 6.45) is 12.0. The van der Waals surface area contributed by atoms with Gasteiger partial charge >= 0.3 is 6.09 Å². The van der Waals surface area contributed by atoms with Crippen molar-refractivity contribution in [2.75, 3.05) is 6.61 Å². The fraction of sp³-hybridized carbons (Fsp3) is 0.550. The second kappa shape index (κ2) is 7.37. The Labute approximate surface area is 169 Å². The van der Waals surface area contributed by atoms with E-state index in [2.05, 4.69) is 10.1 Å². The van der Waals surface area contributed by atoms with Gasteiger partial charge < -0.3 is 9.47 Å². The Bertz CT molecular complexity index is 846. The van der Waals surface area contributed by atoms with Gasteiger partial charge in [-0.3, -0.25) is 4.90 Å². The van der Waals surface area contributed by atoms with Gasteiger partial charge in [0.1, 0.15) is 23.0 Å². The number of hydrogen-bond donors (Lipinski definition) is 0. The number of carbonyl (C=O) groups excluding carboxylic acids is 1. The van der Waals surface area contributed by atoms with Crippen LogP contribution in [0, 0.1) is 5.92 Å². The summed E-state index contributed by atoms with van der Waals surface area (Å²) in [5, 5.41) is 4.86. The predicted octanol–water partition coefficient (Wildman–Crippen LogP) is 4.32. The van der Waals surface area contributed by atoms with Crippen LogP contribution in [0.4, 0.5) is 4.79 Å². The van der Waals surface area contributed by atoms with Crippen molar-refractivity contribution in [1.29, 1.82) is 0 Å².